The highest BCUT2D eigenvalue weighted by Gasteiger charge is 2.20. The first-order chi connectivity index (χ1) is 9.43. The van der Waals surface area contributed by atoms with Gasteiger partial charge in [-0.2, -0.15) is 0 Å². The highest BCUT2D eigenvalue weighted by Crippen LogP contribution is 2.29. The van der Waals surface area contributed by atoms with Crippen LogP contribution >= 0.6 is 15.9 Å². The number of halogens is 1. The van der Waals surface area contributed by atoms with Crippen LogP contribution in [0.3, 0.4) is 0 Å². The molecule has 3 rings (SSSR count). The lowest BCUT2D eigenvalue weighted by atomic mass is 9.95. The SMILES string of the molecule is CC(C)(C)c1nc(Br)cc(-c2cc3ccccc3o2)n1. The van der Waals surface area contributed by atoms with Gasteiger partial charge in [0.2, 0.25) is 0 Å². The van der Waals surface area contributed by atoms with Crippen LogP contribution in [0.15, 0.2) is 45.4 Å². The molecule has 0 saturated heterocycles. The highest BCUT2D eigenvalue weighted by molar-refractivity contribution is 9.10. The molecule has 1 aromatic carbocycles. The minimum atomic E-state index is -0.107. The Balaban J connectivity index is 2.16. The van der Waals surface area contributed by atoms with E-state index in [1.165, 1.54) is 0 Å². The number of aromatic nitrogens is 2. The van der Waals surface area contributed by atoms with E-state index in [4.69, 9.17) is 4.42 Å². The Labute approximate surface area is 126 Å². The van der Waals surface area contributed by atoms with Crippen LogP contribution in [-0.4, -0.2) is 9.97 Å². The van der Waals surface area contributed by atoms with Gasteiger partial charge in [0.05, 0.1) is 0 Å². The highest BCUT2D eigenvalue weighted by atomic mass is 79.9. The third-order valence-electron chi connectivity index (χ3n) is 3.04. The van der Waals surface area contributed by atoms with E-state index in [0.717, 1.165) is 32.9 Å². The first-order valence-electron chi connectivity index (χ1n) is 6.47. The van der Waals surface area contributed by atoms with Crippen LogP contribution < -0.4 is 0 Å². The van der Waals surface area contributed by atoms with Gasteiger partial charge in [0.1, 0.15) is 21.7 Å². The van der Waals surface area contributed by atoms with Gasteiger partial charge in [0, 0.05) is 16.9 Å². The molecule has 102 valence electrons. The number of para-hydroxylation sites is 1. The summed E-state index contributed by atoms with van der Waals surface area (Å²) in [6.07, 6.45) is 0. The van der Waals surface area contributed by atoms with E-state index < -0.39 is 0 Å². The van der Waals surface area contributed by atoms with Crippen molar-refractivity contribution in [3.63, 3.8) is 0 Å². The average molecular weight is 331 g/mol. The molecule has 3 aromatic rings. The van der Waals surface area contributed by atoms with Crippen molar-refractivity contribution in [2.24, 2.45) is 0 Å². The number of hydrogen-bond acceptors (Lipinski definition) is 3. The van der Waals surface area contributed by atoms with Crippen LogP contribution in [0.2, 0.25) is 0 Å². The van der Waals surface area contributed by atoms with Gasteiger partial charge < -0.3 is 4.42 Å². The van der Waals surface area contributed by atoms with Gasteiger partial charge in [-0.05, 0) is 28.1 Å². The molecule has 0 aliphatic rings. The van der Waals surface area contributed by atoms with E-state index in [1.54, 1.807) is 0 Å². The fourth-order valence-corrected chi connectivity index (χ4v) is 2.37. The zero-order chi connectivity index (χ0) is 14.3. The Hall–Kier alpha value is -1.68. The van der Waals surface area contributed by atoms with Gasteiger partial charge in [-0.15, -0.1) is 0 Å². The second-order valence-corrected chi connectivity index (χ2v) is 6.61. The van der Waals surface area contributed by atoms with Gasteiger partial charge in [-0.25, -0.2) is 9.97 Å². The summed E-state index contributed by atoms with van der Waals surface area (Å²) in [5, 5.41) is 1.08. The van der Waals surface area contributed by atoms with Crippen LogP contribution in [0.25, 0.3) is 22.4 Å². The van der Waals surface area contributed by atoms with E-state index in [9.17, 15) is 0 Å². The predicted molar refractivity (Wildman–Crippen MR) is 83.6 cm³/mol. The lowest BCUT2D eigenvalue weighted by Crippen LogP contribution is -2.16. The Morgan fingerprint density at radius 3 is 2.50 bits per heavy atom. The number of nitrogens with zero attached hydrogens (tertiary/aromatic N) is 2. The molecule has 0 amide bonds. The normalized spacial score (nSPS) is 12.0. The summed E-state index contributed by atoms with van der Waals surface area (Å²) in [6.45, 7) is 6.28. The van der Waals surface area contributed by atoms with Crippen molar-refractivity contribution >= 4 is 26.9 Å². The molecule has 0 N–H and O–H groups in total. The Kier molecular flexibility index (Phi) is 3.13. The molecule has 0 radical (unpaired) electrons. The fraction of sp³-hybridized carbons (Fsp3) is 0.250. The molecule has 0 spiro atoms. The molecule has 0 aliphatic heterocycles. The summed E-state index contributed by atoms with van der Waals surface area (Å²) in [7, 11) is 0. The summed E-state index contributed by atoms with van der Waals surface area (Å²) in [4.78, 5) is 9.08. The van der Waals surface area contributed by atoms with Crippen molar-refractivity contribution in [3.05, 3.63) is 46.8 Å². The maximum atomic E-state index is 5.87. The Morgan fingerprint density at radius 2 is 1.80 bits per heavy atom. The molecular formula is C16H15BrN2O. The minimum Gasteiger partial charge on any atom is -0.454 e. The van der Waals surface area contributed by atoms with Crippen molar-refractivity contribution < 1.29 is 4.42 Å². The summed E-state index contributed by atoms with van der Waals surface area (Å²) in [6, 6.07) is 11.8. The maximum Gasteiger partial charge on any atom is 0.153 e. The molecule has 3 nitrogen and oxygen atoms in total. The molecule has 0 atom stereocenters. The Bertz CT molecular complexity index is 738. The largest absolute Gasteiger partial charge is 0.454 e. The summed E-state index contributed by atoms with van der Waals surface area (Å²) in [5.41, 5.74) is 1.56. The van der Waals surface area contributed by atoms with E-state index in [1.807, 2.05) is 36.4 Å². The first kappa shape index (κ1) is 13.3. The van der Waals surface area contributed by atoms with Crippen LogP contribution in [0.4, 0.5) is 0 Å². The number of fused-ring (bicyclic) bond motifs is 1. The molecule has 0 aliphatic carbocycles. The van der Waals surface area contributed by atoms with E-state index in [-0.39, 0.29) is 5.41 Å². The predicted octanol–water partition coefficient (Wildman–Crippen LogP) is 4.95. The molecule has 0 saturated carbocycles. The van der Waals surface area contributed by atoms with Crippen molar-refractivity contribution in [2.75, 3.05) is 0 Å². The zero-order valence-electron chi connectivity index (χ0n) is 11.6. The summed E-state index contributed by atoms with van der Waals surface area (Å²) >= 11 is 3.45. The molecular weight excluding hydrogens is 316 g/mol. The molecule has 0 fully saturated rings. The van der Waals surface area contributed by atoms with E-state index >= 15 is 0 Å². The topological polar surface area (TPSA) is 38.9 Å². The number of rotatable bonds is 1. The van der Waals surface area contributed by atoms with Gasteiger partial charge in [0.25, 0.3) is 0 Å². The third kappa shape index (κ3) is 2.48. The van der Waals surface area contributed by atoms with Crippen molar-refractivity contribution in [2.45, 2.75) is 26.2 Å². The van der Waals surface area contributed by atoms with E-state index in [2.05, 4.69) is 46.7 Å². The smallest absolute Gasteiger partial charge is 0.153 e. The van der Waals surface area contributed by atoms with Gasteiger partial charge in [-0.1, -0.05) is 39.0 Å². The van der Waals surface area contributed by atoms with Gasteiger partial charge in [-0.3, -0.25) is 0 Å². The molecule has 0 unspecified atom stereocenters. The zero-order valence-corrected chi connectivity index (χ0v) is 13.2. The lowest BCUT2D eigenvalue weighted by Gasteiger charge is -2.17. The quantitative estimate of drug-likeness (QED) is 0.592. The summed E-state index contributed by atoms with van der Waals surface area (Å²) in [5.74, 6) is 1.56. The lowest BCUT2D eigenvalue weighted by molar-refractivity contribution is 0.542. The number of benzene rings is 1. The van der Waals surface area contributed by atoms with Gasteiger partial charge in [0.15, 0.2) is 5.76 Å². The molecule has 4 heteroatoms. The van der Waals surface area contributed by atoms with Crippen molar-refractivity contribution in [3.8, 4) is 11.5 Å². The van der Waals surface area contributed by atoms with Crippen LogP contribution in [0.1, 0.15) is 26.6 Å². The first-order valence-corrected chi connectivity index (χ1v) is 7.27. The summed E-state index contributed by atoms with van der Waals surface area (Å²) < 4.78 is 6.64. The standard InChI is InChI=1S/C16H15BrN2O/c1-16(2,3)15-18-11(9-14(17)19-15)13-8-10-6-4-5-7-12(10)20-13/h4-9H,1-3H3. The molecule has 2 heterocycles. The van der Waals surface area contributed by atoms with Crippen molar-refractivity contribution in [1.29, 1.82) is 0 Å². The molecule has 0 bridgehead atoms. The third-order valence-corrected chi connectivity index (χ3v) is 3.45. The second-order valence-electron chi connectivity index (χ2n) is 5.80. The van der Waals surface area contributed by atoms with E-state index in [0.29, 0.717) is 0 Å². The van der Waals surface area contributed by atoms with Gasteiger partial charge >= 0.3 is 0 Å². The number of hydrogen-bond donors (Lipinski definition) is 0. The fourth-order valence-electron chi connectivity index (χ4n) is 1.99. The van der Waals surface area contributed by atoms with Crippen molar-refractivity contribution in [1.82, 2.24) is 9.97 Å². The minimum absolute atomic E-state index is 0.107. The van der Waals surface area contributed by atoms with Crippen LogP contribution in [-0.2, 0) is 5.41 Å². The second kappa shape index (κ2) is 4.70. The molecule has 2 aromatic heterocycles. The number of furan rings is 1. The monoisotopic (exact) mass is 330 g/mol. The van der Waals surface area contributed by atoms with Crippen LogP contribution in [0.5, 0.6) is 0 Å². The molecule has 20 heavy (non-hydrogen) atoms. The Morgan fingerprint density at radius 1 is 1.05 bits per heavy atom. The van der Waals surface area contributed by atoms with Crippen LogP contribution in [0, 0.1) is 0 Å². The maximum absolute atomic E-state index is 5.87. The average Bonchev–Trinajstić information content (AvgIpc) is 2.80.